The molecule has 0 saturated carbocycles. The molecule has 2 rings (SSSR count). The van der Waals surface area contributed by atoms with Crippen molar-refractivity contribution in [3.8, 4) is 5.75 Å². The van der Waals surface area contributed by atoms with Gasteiger partial charge < -0.3 is 14.8 Å². The summed E-state index contributed by atoms with van der Waals surface area (Å²) in [6, 6.07) is 8.25. The lowest BCUT2D eigenvalue weighted by Crippen LogP contribution is -2.46. The van der Waals surface area contributed by atoms with Crippen molar-refractivity contribution in [1.29, 1.82) is 0 Å². The normalized spacial score (nSPS) is 17.3. The summed E-state index contributed by atoms with van der Waals surface area (Å²) in [5.74, 6) is 0.951. The smallest absolute Gasteiger partial charge is 0.225 e. The summed E-state index contributed by atoms with van der Waals surface area (Å²) >= 11 is 0. The number of hydrogen-bond donors (Lipinski definition) is 1. The first-order chi connectivity index (χ1) is 11.5. The molecular formula is C19H30N2O3. The fraction of sp³-hybridized carbons (Fsp3) is 0.632. The maximum absolute atomic E-state index is 12.4. The molecule has 0 bridgehead atoms. The molecule has 1 saturated heterocycles. The topological polar surface area (TPSA) is 50.8 Å². The summed E-state index contributed by atoms with van der Waals surface area (Å²) in [6.07, 6.45) is 0.823. The molecule has 1 aromatic carbocycles. The van der Waals surface area contributed by atoms with E-state index < -0.39 is 0 Å². The molecule has 0 spiro atoms. The van der Waals surface area contributed by atoms with Crippen LogP contribution in [0.25, 0.3) is 0 Å². The number of carbonyl (C=O) groups is 1. The lowest BCUT2D eigenvalue weighted by molar-refractivity contribution is -0.129. The van der Waals surface area contributed by atoms with Gasteiger partial charge in [-0.25, -0.2) is 0 Å². The van der Waals surface area contributed by atoms with E-state index in [4.69, 9.17) is 9.47 Å². The van der Waals surface area contributed by atoms with Crippen molar-refractivity contribution < 1.29 is 14.3 Å². The van der Waals surface area contributed by atoms with Gasteiger partial charge in [-0.3, -0.25) is 9.69 Å². The van der Waals surface area contributed by atoms with Gasteiger partial charge in [0.15, 0.2) is 0 Å². The van der Waals surface area contributed by atoms with Gasteiger partial charge in [0.2, 0.25) is 5.91 Å². The van der Waals surface area contributed by atoms with Crippen LogP contribution in [0.5, 0.6) is 5.75 Å². The van der Waals surface area contributed by atoms with Gasteiger partial charge in [-0.2, -0.15) is 0 Å². The minimum Gasteiger partial charge on any atom is -0.497 e. The standard InChI is InChI=1S/C19H30N2O3/c1-5-19(2,3)18(22)20-14-17(21-10-12-24-13-11-21)15-6-8-16(23-4)9-7-15/h6-9,17H,5,10-14H2,1-4H3,(H,20,22). The number of methoxy groups -OCH3 is 1. The third-order valence-electron chi connectivity index (χ3n) is 4.94. The molecule has 1 aliphatic rings. The van der Waals surface area contributed by atoms with Gasteiger partial charge in [0, 0.05) is 25.0 Å². The van der Waals surface area contributed by atoms with Crippen LogP contribution < -0.4 is 10.1 Å². The van der Waals surface area contributed by atoms with E-state index in [0.717, 1.165) is 38.5 Å². The van der Waals surface area contributed by atoms with Crippen LogP contribution in [0.15, 0.2) is 24.3 Å². The van der Waals surface area contributed by atoms with Crippen molar-refractivity contribution in [3.63, 3.8) is 0 Å². The maximum atomic E-state index is 12.4. The zero-order chi connectivity index (χ0) is 17.6. The van der Waals surface area contributed by atoms with E-state index >= 15 is 0 Å². The molecule has 0 radical (unpaired) electrons. The molecule has 134 valence electrons. The van der Waals surface area contributed by atoms with E-state index in [-0.39, 0.29) is 17.4 Å². The minimum atomic E-state index is -0.338. The second-order valence-electron chi connectivity index (χ2n) is 6.88. The second-order valence-corrected chi connectivity index (χ2v) is 6.88. The van der Waals surface area contributed by atoms with Crippen molar-refractivity contribution in [1.82, 2.24) is 10.2 Å². The number of benzene rings is 1. The Morgan fingerprint density at radius 3 is 2.46 bits per heavy atom. The minimum absolute atomic E-state index is 0.108. The number of ether oxygens (including phenoxy) is 2. The molecule has 1 heterocycles. The highest BCUT2D eigenvalue weighted by Crippen LogP contribution is 2.25. The summed E-state index contributed by atoms with van der Waals surface area (Å²) in [6.45, 7) is 9.85. The van der Waals surface area contributed by atoms with Crippen LogP contribution in [-0.2, 0) is 9.53 Å². The number of nitrogens with zero attached hydrogens (tertiary/aromatic N) is 1. The highest BCUT2D eigenvalue weighted by Gasteiger charge is 2.28. The van der Waals surface area contributed by atoms with Gasteiger partial charge in [0.1, 0.15) is 5.75 Å². The van der Waals surface area contributed by atoms with Crippen LogP contribution in [0.4, 0.5) is 0 Å². The Morgan fingerprint density at radius 1 is 1.29 bits per heavy atom. The van der Waals surface area contributed by atoms with Gasteiger partial charge in [-0.05, 0) is 24.1 Å². The van der Waals surface area contributed by atoms with Crippen LogP contribution >= 0.6 is 0 Å². The molecule has 5 nitrogen and oxygen atoms in total. The van der Waals surface area contributed by atoms with E-state index in [1.807, 2.05) is 32.9 Å². The molecule has 0 aromatic heterocycles. The van der Waals surface area contributed by atoms with Crippen LogP contribution in [0.3, 0.4) is 0 Å². The average molecular weight is 334 g/mol. The SMILES string of the molecule is CCC(C)(C)C(=O)NCC(c1ccc(OC)cc1)N1CCOCC1. The molecule has 1 atom stereocenters. The molecular weight excluding hydrogens is 304 g/mol. The molecule has 5 heteroatoms. The van der Waals surface area contributed by atoms with Crippen molar-refractivity contribution in [3.05, 3.63) is 29.8 Å². The van der Waals surface area contributed by atoms with Gasteiger partial charge >= 0.3 is 0 Å². The van der Waals surface area contributed by atoms with Crippen LogP contribution in [0.2, 0.25) is 0 Å². The Hall–Kier alpha value is -1.59. The van der Waals surface area contributed by atoms with Crippen molar-refractivity contribution in [2.75, 3.05) is 40.0 Å². The maximum Gasteiger partial charge on any atom is 0.225 e. The third-order valence-corrected chi connectivity index (χ3v) is 4.94. The van der Waals surface area contributed by atoms with E-state index in [0.29, 0.717) is 6.54 Å². The van der Waals surface area contributed by atoms with Crippen molar-refractivity contribution in [2.24, 2.45) is 5.41 Å². The molecule has 1 amide bonds. The van der Waals surface area contributed by atoms with Gasteiger partial charge in [0.25, 0.3) is 0 Å². The highest BCUT2D eigenvalue weighted by atomic mass is 16.5. The molecule has 1 aliphatic heterocycles. The molecule has 1 N–H and O–H groups in total. The van der Waals surface area contributed by atoms with Crippen molar-refractivity contribution >= 4 is 5.91 Å². The number of carbonyl (C=O) groups excluding carboxylic acids is 1. The fourth-order valence-electron chi connectivity index (χ4n) is 2.76. The lowest BCUT2D eigenvalue weighted by Gasteiger charge is -2.35. The van der Waals surface area contributed by atoms with Gasteiger partial charge in [-0.1, -0.05) is 32.9 Å². The number of hydrogen-bond acceptors (Lipinski definition) is 4. The first-order valence-corrected chi connectivity index (χ1v) is 8.72. The first-order valence-electron chi connectivity index (χ1n) is 8.72. The highest BCUT2D eigenvalue weighted by molar-refractivity contribution is 5.81. The van der Waals surface area contributed by atoms with Crippen LogP contribution in [0, 0.1) is 5.41 Å². The molecule has 1 fully saturated rings. The quantitative estimate of drug-likeness (QED) is 0.833. The Balaban J connectivity index is 2.11. The number of amides is 1. The Kier molecular flexibility index (Phi) is 6.63. The second kappa shape index (κ2) is 8.49. The Labute approximate surface area is 145 Å². The zero-order valence-electron chi connectivity index (χ0n) is 15.3. The number of rotatable bonds is 7. The predicted molar refractivity (Wildman–Crippen MR) is 95.2 cm³/mol. The van der Waals surface area contributed by atoms with E-state index in [2.05, 4.69) is 22.3 Å². The van der Waals surface area contributed by atoms with Crippen LogP contribution in [0.1, 0.15) is 38.8 Å². The summed E-state index contributed by atoms with van der Waals surface area (Å²) in [5, 5.41) is 3.15. The van der Waals surface area contributed by atoms with E-state index in [1.54, 1.807) is 7.11 Å². The van der Waals surface area contributed by atoms with E-state index in [1.165, 1.54) is 5.56 Å². The van der Waals surface area contributed by atoms with E-state index in [9.17, 15) is 4.79 Å². The molecule has 0 aliphatic carbocycles. The number of nitrogens with one attached hydrogen (secondary N) is 1. The van der Waals surface area contributed by atoms with Gasteiger partial charge in [-0.15, -0.1) is 0 Å². The predicted octanol–water partition coefficient (Wildman–Crippen LogP) is 2.62. The third kappa shape index (κ3) is 4.71. The largest absolute Gasteiger partial charge is 0.497 e. The zero-order valence-corrected chi connectivity index (χ0v) is 15.3. The summed E-state index contributed by atoms with van der Waals surface area (Å²) in [5.41, 5.74) is 0.849. The first kappa shape index (κ1) is 18.7. The fourth-order valence-corrected chi connectivity index (χ4v) is 2.76. The monoisotopic (exact) mass is 334 g/mol. The lowest BCUT2D eigenvalue weighted by atomic mass is 9.89. The summed E-state index contributed by atoms with van der Waals surface area (Å²) < 4.78 is 10.7. The molecule has 24 heavy (non-hydrogen) atoms. The summed E-state index contributed by atoms with van der Waals surface area (Å²) in [4.78, 5) is 14.8. The van der Waals surface area contributed by atoms with Crippen molar-refractivity contribution in [2.45, 2.75) is 33.2 Å². The average Bonchev–Trinajstić information content (AvgIpc) is 2.63. The number of morpholine rings is 1. The summed E-state index contributed by atoms with van der Waals surface area (Å²) in [7, 11) is 1.67. The van der Waals surface area contributed by atoms with Crippen LogP contribution in [-0.4, -0.2) is 50.8 Å². The Bertz CT molecular complexity index is 522. The molecule has 1 aromatic rings. The Morgan fingerprint density at radius 2 is 1.92 bits per heavy atom. The molecule has 1 unspecified atom stereocenters. The van der Waals surface area contributed by atoms with Gasteiger partial charge in [0.05, 0.1) is 26.4 Å².